The molecule has 0 atom stereocenters. The molecule has 0 aliphatic rings. The summed E-state index contributed by atoms with van der Waals surface area (Å²) in [6, 6.07) is 3.84. The number of hydrogen-bond acceptors (Lipinski definition) is 4. The smallest absolute Gasteiger partial charge is 0.313 e. The molecule has 112 valence electrons. The van der Waals surface area contributed by atoms with E-state index in [1.807, 2.05) is 6.92 Å². The molecule has 0 aliphatic carbocycles. The number of halogens is 2. The van der Waals surface area contributed by atoms with E-state index in [4.69, 9.17) is 5.11 Å². The summed E-state index contributed by atoms with van der Waals surface area (Å²) in [5.41, 5.74) is 0.0122. The Morgan fingerprint density at radius 3 is 2.81 bits per heavy atom. The Hall–Kier alpha value is -1.96. The maximum atomic E-state index is 13.9. The van der Waals surface area contributed by atoms with Gasteiger partial charge in [0.1, 0.15) is 0 Å². The van der Waals surface area contributed by atoms with Crippen LogP contribution in [0, 0.1) is 11.6 Å². The van der Waals surface area contributed by atoms with Gasteiger partial charge in [-0.25, -0.2) is 8.78 Å². The highest BCUT2D eigenvalue weighted by molar-refractivity contribution is 7.99. The molecule has 2 rings (SSSR count). The number of carbonyl (C=O) groups is 1. The van der Waals surface area contributed by atoms with Crippen LogP contribution in [-0.2, 0) is 11.3 Å². The molecule has 0 saturated carbocycles. The Balaban J connectivity index is 2.43. The Morgan fingerprint density at radius 1 is 1.38 bits per heavy atom. The first-order chi connectivity index (χ1) is 10.0. The lowest BCUT2D eigenvalue weighted by Gasteiger charge is -2.09. The zero-order chi connectivity index (χ0) is 15.4. The third kappa shape index (κ3) is 3.38. The average Bonchev–Trinajstić information content (AvgIpc) is 2.83. The summed E-state index contributed by atoms with van der Waals surface area (Å²) in [6.07, 6.45) is 0.725. The van der Waals surface area contributed by atoms with Gasteiger partial charge in [0, 0.05) is 6.54 Å². The van der Waals surface area contributed by atoms with Gasteiger partial charge in [-0.1, -0.05) is 24.8 Å². The normalized spacial score (nSPS) is 10.8. The molecule has 0 fully saturated rings. The van der Waals surface area contributed by atoms with Crippen molar-refractivity contribution in [3.63, 3.8) is 0 Å². The van der Waals surface area contributed by atoms with Gasteiger partial charge in [0.05, 0.1) is 11.3 Å². The fourth-order valence-corrected chi connectivity index (χ4v) is 2.51. The van der Waals surface area contributed by atoms with E-state index in [1.165, 1.54) is 12.1 Å². The fraction of sp³-hybridized carbons (Fsp3) is 0.308. The van der Waals surface area contributed by atoms with Gasteiger partial charge in [-0.15, -0.1) is 10.2 Å². The largest absolute Gasteiger partial charge is 0.481 e. The van der Waals surface area contributed by atoms with Gasteiger partial charge in [-0.05, 0) is 18.6 Å². The van der Waals surface area contributed by atoms with Gasteiger partial charge >= 0.3 is 5.97 Å². The molecular formula is C13H13F2N3O2S. The number of nitrogens with zero attached hydrogens (tertiary/aromatic N) is 3. The zero-order valence-electron chi connectivity index (χ0n) is 11.2. The third-order valence-electron chi connectivity index (χ3n) is 2.68. The summed E-state index contributed by atoms with van der Waals surface area (Å²) in [4.78, 5) is 10.6. The first kappa shape index (κ1) is 15.4. The maximum absolute atomic E-state index is 13.9. The quantitative estimate of drug-likeness (QED) is 0.831. The second-order valence-corrected chi connectivity index (χ2v) is 5.18. The van der Waals surface area contributed by atoms with Crippen LogP contribution in [0.25, 0.3) is 11.4 Å². The number of carboxylic acid groups (broad SMARTS) is 1. The van der Waals surface area contributed by atoms with E-state index in [1.54, 1.807) is 4.57 Å². The lowest BCUT2D eigenvalue weighted by atomic mass is 10.2. The van der Waals surface area contributed by atoms with E-state index in [0.717, 1.165) is 24.2 Å². The number of aromatic nitrogens is 3. The van der Waals surface area contributed by atoms with Crippen molar-refractivity contribution in [3.05, 3.63) is 29.8 Å². The predicted molar refractivity (Wildman–Crippen MR) is 74.0 cm³/mol. The molecular weight excluding hydrogens is 300 g/mol. The summed E-state index contributed by atoms with van der Waals surface area (Å²) in [5, 5.41) is 16.8. The number of carboxylic acids is 1. The molecule has 0 aliphatic heterocycles. The first-order valence-corrected chi connectivity index (χ1v) is 7.25. The minimum atomic E-state index is -0.989. The monoisotopic (exact) mass is 313 g/mol. The van der Waals surface area contributed by atoms with Gasteiger partial charge in [0.2, 0.25) is 0 Å². The molecule has 1 aromatic carbocycles. The predicted octanol–water partition coefficient (Wildman–Crippen LogP) is 2.81. The Labute approximate surface area is 124 Å². The molecule has 0 spiro atoms. The van der Waals surface area contributed by atoms with Crippen molar-refractivity contribution in [1.82, 2.24) is 14.8 Å². The van der Waals surface area contributed by atoms with Crippen molar-refractivity contribution in [3.8, 4) is 11.4 Å². The van der Waals surface area contributed by atoms with E-state index in [9.17, 15) is 13.6 Å². The van der Waals surface area contributed by atoms with Crippen LogP contribution in [0.3, 0.4) is 0 Å². The Kier molecular flexibility index (Phi) is 4.89. The summed E-state index contributed by atoms with van der Waals surface area (Å²) in [7, 11) is 0. The molecule has 0 bridgehead atoms. The van der Waals surface area contributed by atoms with Crippen LogP contribution in [0.5, 0.6) is 0 Å². The molecule has 0 amide bonds. The van der Waals surface area contributed by atoms with Crippen molar-refractivity contribution in [2.75, 3.05) is 5.75 Å². The van der Waals surface area contributed by atoms with Gasteiger partial charge in [-0.2, -0.15) is 0 Å². The topological polar surface area (TPSA) is 68.0 Å². The molecule has 2 aromatic rings. The number of rotatable bonds is 6. The number of hydrogen-bond donors (Lipinski definition) is 1. The average molecular weight is 313 g/mol. The highest BCUT2D eigenvalue weighted by atomic mass is 32.2. The second-order valence-electron chi connectivity index (χ2n) is 4.24. The maximum Gasteiger partial charge on any atom is 0.313 e. The summed E-state index contributed by atoms with van der Waals surface area (Å²) in [5.74, 6) is -2.91. The molecule has 0 saturated heterocycles. The minimum Gasteiger partial charge on any atom is -0.481 e. The zero-order valence-corrected chi connectivity index (χ0v) is 12.0. The molecule has 1 N–H and O–H groups in total. The number of thioether (sulfide) groups is 1. The third-order valence-corrected chi connectivity index (χ3v) is 3.63. The SMILES string of the molecule is CCCn1c(SCC(=O)O)nnc1-c1cccc(F)c1F. The molecule has 1 aromatic heterocycles. The van der Waals surface area contributed by atoms with Crippen LogP contribution < -0.4 is 0 Å². The Morgan fingerprint density at radius 2 is 2.14 bits per heavy atom. The van der Waals surface area contributed by atoms with E-state index in [2.05, 4.69) is 10.2 Å². The standard InChI is InChI=1S/C13H13F2N3O2S/c1-2-6-18-12(8-4-3-5-9(14)11(8)15)16-17-13(18)21-7-10(19)20/h3-5H,2,6-7H2,1H3,(H,19,20). The van der Waals surface area contributed by atoms with Crippen LogP contribution in [-0.4, -0.2) is 31.6 Å². The van der Waals surface area contributed by atoms with Crippen molar-refractivity contribution in [2.24, 2.45) is 0 Å². The van der Waals surface area contributed by atoms with Gasteiger partial charge in [0.15, 0.2) is 22.6 Å². The number of aliphatic carboxylic acids is 1. The molecule has 0 radical (unpaired) electrons. The summed E-state index contributed by atoms with van der Waals surface area (Å²) in [6.45, 7) is 2.40. The minimum absolute atomic E-state index is 0.0122. The van der Waals surface area contributed by atoms with Crippen LogP contribution in [0.15, 0.2) is 23.4 Å². The highest BCUT2D eigenvalue weighted by Crippen LogP contribution is 2.27. The lowest BCUT2D eigenvalue weighted by Crippen LogP contribution is -2.05. The van der Waals surface area contributed by atoms with Crippen molar-refractivity contribution < 1.29 is 18.7 Å². The van der Waals surface area contributed by atoms with E-state index >= 15 is 0 Å². The van der Waals surface area contributed by atoms with Crippen LogP contribution in [0.1, 0.15) is 13.3 Å². The van der Waals surface area contributed by atoms with Crippen LogP contribution >= 0.6 is 11.8 Å². The molecule has 21 heavy (non-hydrogen) atoms. The molecule has 5 nitrogen and oxygen atoms in total. The van der Waals surface area contributed by atoms with E-state index in [0.29, 0.717) is 11.7 Å². The fourth-order valence-electron chi connectivity index (χ4n) is 1.82. The van der Waals surface area contributed by atoms with E-state index in [-0.39, 0.29) is 17.1 Å². The van der Waals surface area contributed by atoms with Gasteiger partial charge in [-0.3, -0.25) is 4.79 Å². The Bertz CT molecular complexity index is 661. The van der Waals surface area contributed by atoms with Gasteiger partial charge in [0.25, 0.3) is 0 Å². The number of benzene rings is 1. The lowest BCUT2D eigenvalue weighted by molar-refractivity contribution is -0.133. The summed E-state index contributed by atoms with van der Waals surface area (Å²) < 4.78 is 28.8. The van der Waals surface area contributed by atoms with E-state index < -0.39 is 17.6 Å². The molecule has 1 heterocycles. The summed E-state index contributed by atoms with van der Waals surface area (Å²) >= 11 is 0.994. The molecule has 8 heteroatoms. The highest BCUT2D eigenvalue weighted by Gasteiger charge is 2.19. The van der Waals surface area contributed by atoms with Crippen LogP contribution in [0.2, 0.25) is 0 Å². The van der Waals surface area contributed by atoms with Crippen molar-refractivity contribution in [1.29, 1.82) is 0 Å². The first-order valence-electron chi connectivity index (χ1n) is 6.26. The van der Waals surface area contributed by atoms with Crippen molar-refractivity contribution >= 4 is 17.7 Å². The van der Waals surface area contributed by atoms with Gasteiger partial charge < -0.3 is 9.67 Å². The second kappa shape index (κ2) is 6.66. The molecule has 0 unspecified atom stereocenters. The van der Waals surface area contributed by atoms with Crippen LogP contribution in [0.4, 0.5) is 8.78 Å². The van der Waals surface area contributed by atoms with Crippen molar-refractivity contribution in [2.45, 2.75) is 25.0 Å².